The second-order valence-corrected chi connectivity index (χ2v) is 8.08. The van der Waals surface area contributed by atoms with Crippen molar-refractivity contribution in [3.05, 3.63) is 0 Å². The molecule has 0 radical (unpaired) electrons. The SMILES string of the molecule is CCNC(=O)C(CCCCO)SSC(CCCCO)C(=O)NCC. The van der Waals surface area contributed by atoms with Crippen molar-refractivity contribution >= 4 is 33.4 Å². The van der Waals surface area contributed by atoms with Gasteiger partial charge in [0.25, 0.3) is 0 Å². The highest BCUT2D eigenvalue weighted by atomic mass is 33.1. The van der Waals surface area contributed by atoms with Crippen LogP contribution >= 0.6 is 21.6 Å². The average Bonchev–Trinajstić information content (AvgIpc) is 2.56. The van der Waals surface area contributed by atoms with Crippen molar-refractivity contribution in [1.82, 2.24) is 10.6 Å². The highest BCUT2D eigenvalue weighted by Gasteiger charge is 2.24. The van der Waals surface area contributed by atoms with Gasteiger partial charge >= 0.3 is 0 Å². The van der Waals surface area contributed by atoms with Crippen LogP contribution in [-0.2, 0) is 9.59 Å². The molecule has 24 heavy (non-hydrogen) atoms. The number of amides is 2. The number of aliphatic hydroxyl groups is 2. The maximum Gasteiger partial charge on any atom is 0.233 e. The van der Waals surface area contributed by atoms with E-state index in [0.29, 0.717) is 38.8 Å². The van der Waals surface area contributed by atoms with Crippen molar-refractivity contribution in [2.75, 3.05) is 26.3 Å². The monoisotopic (exact) mass is 380 g/mol. The fraction of sp³-hybridized carbons (Fsp3) is 0.875. The zero-order chi connectivity index (χ0) is 18.2. The summed E-state index contributed by atoms with van der Waals surface area (Å²) in [6.45, 7) is 5.18. The molecule has 0 saturated carbocycles. The van der Waals surface area contributed by atoms with Crippen LogP contribution in [0.25, 0.3) is 0 Å². The molecule has 0 spiro atoms. The summed E-state index contributed by atoms with van der Waals surface area (Å²) in [5, 5.41) is 23.0. The number of hydrogen-bond donors (Lipinski definition) is 4. The molecule has 0 aromatic rings. The Morgan fingerprint density at radius 2 is 1.17 bits per heavy atom. The predicted molar refractivity (Wildman–Crippen MR) is 102 cm³/mol. The maximum atomic E-state index is 12.2. The van der Waals surface area contributed by atoms with Gasteiger partial charge in [-0.05, 0) is 52.4 Å². The smallest absolute Gasteiger partial charge is 0.233 e. The molecule has 0 bridgehead atoms. The summed E-state index contributed by atoms with van der Waals surface area (Å²) in [5.41, 5.74) is 0. The summed E-state index contributed by atoms with van der Waals surface area (Å²) in [7, 11) is 2.88. The van der Waals surface area contributed by atoms with Gasteiger partial charge in [-0.25, -0.2) is 0 Å². The van der Waals surface area contributed by atoms with Crippen LogP contribution in [0.1, 0.15) is 52.4 Å². The van der Waals surface area contributed by atoms with Gasteiger partial charge in [-0.3, -0.25) is 9.59 Å². The second-order valence-electron chi connectivity index (χ2n) is 5.40. The number of rotatable bonds is 15. The van der Waals surface area contributed by atoms with Gasteiger partial charge in [0.1, 0.15) is 0 Å². The van der Waals surface area contributed by atoms with E-state index in [4.69, 9.17) is 10.2 Å². The summed E-state index contributed by atoms with van der Waals surface area (Å²) in [4.78, 5) is 24.3. The van der Waals surface area contributed by atoms with Gasteiger partial charge in [0, 0.05) is 26.3 Å². The Kier molecular flexibility index (Phi) is 15.8. The normalized spacial score (nSPS) is 13.3. The molecule has 0 aliphatic rings. The van der Waals surface area contributed by atoms with Crippen molar-refractivity contribution in [2.45, 2.75) is 62.9 Å². The van der Waals surface area contributed by atoms with E-state index in [9.17, 15) is 9.59 Å². The molecule has 0 rings (SSSR count). The maximum absolute atomic E-state index is 12.2. The van der Waals surface area contributed by atoms with Crippen LogP contribution < -0.4 is 10.6 Å². The lowest BCUT2D eigenvalue weighted by Gasteiger charge is -2.19. The van der Waals surface area contributed by atoms with Crippen LogP contribution in [0.5, 0.6) is 0 Å². The van der Waals surface area contributed by atoms with Gasteiger partial charge in [-0.15, -0.1) is 0 Å². The van der Waals surface area contributed by atoms with E-state index >= 15 is 0 Å². The number of hydrogen-bond acceptors (Lipinski definition) is 6. The van der Waals surface area contributed by atoms with E-state index in [1.807, 2.05) is 13.8 Å². The van der Waals surface area contributed by atoms with E-state index < -0.39 is 0 Å². The Bertz CT molecular complexity index is 314. The number of nitrogens with one attached hydrogen (secondary N) is 2. The molecule has 0 aliphatic heterocycles. The van der Waals surface area contributed by atoms with Crippen LogP contribution in [0.3, 0.4) is 0 Å². The van der Waals surface area contributed by atoms with Crippen molar-refractivity contribution < 1.29 is 19.8 Å². The van der Waals surface area contributed by atoms with Crippen LogP contribution in [-0.4, -0.2) is 58.8 Å². The Labute approximate surface area is 153 Å². The first kappa shape index (κ1) is 23.6. The summed E-state index contributed by atoms with van der Waals surface area (Å²) in [6.07, 6.45) is 4.28. The van der Waals surface area contributed by atoms with Crippen molar-refractivity contribution in [3.63, 3.8) is 0 Å². The van der Waals surface area contributed by atoms with Crippen LogP contribution in [0.2, 0.25) is 0 Å². The van der Waals surface area contributed by atoms with E-state index in [2.05, 4.69) is 10.6 Å². The first-order valence-corrected chi connectivity index (χ1v) is 11.0. The van der Waals surface area contributed by atoms with E-state index in [-0.39, 0.29) is 35.5 Å². The quantitative estimate of drug-likeness (QED) is 0.255. The van der Waals surface area contributed by atoms with Crippen LogP contribution in [0.15, 0.2) is 0 Å². The highest BCUT2D eigenvalue weighted by Crippen LogP contribution is 2.36. The first-order chi connectivity index (χ1) is 11.6. The number of carbonyl (C=O) groups is 2. The Hall–Kier alpha value is -0.440. The molecule has 0 aromatic carbocycles. The third-order valence-electron chi connectivity index (χ3n) is 3.32. The van der Waals surface area contributed by atoms with Gasteiger partial charge < -0.3 is 20.8 Å². The molecule has 0 aromatic heterocycles. The molecule has 2 amide bonds. The number of unbranched alkanes of at least 4 members (excludes halogenated alkanes) is 2. The predicted octanol–water partition coefficient (Wildman–Crippen LogP) is 1.70. The number of carbonyl (C=O) groups excluding carboxylic acids is 2. The van der Waals surface area contributed by atoms with E-state index in [1.165, 1.54) is 21.6 Å². The lowest BCUT2D eigenvalue weighted by Crippen LogP contribution is -2.34. The molecule has 4 N–H and O–H groups in total. The lowest BCUT2D eigenvalue weighted by atomic mass is 10.2. The zero-order valence-corrected chi connectivity index (χ0v) is 16.4. The summed E-state index contributed by atoms with van der Waals surface area (Å²) in [5.74, 6) is -0.0316. The fourth-order valence-corrected chi connectivity index (χ4v) is 5.08. The van der Waals surface area contributed by atoms with Crippen molar-refractivity contribution in [1.29, 1.82) is 0 Å². The van der Waals surface area contributed by atoms with Crippen molar-refractivity contribution in [2.24, 2.45) is 0 Å². The van der Waals surface area contributed by atoms with Gasteiger partial charge in [0.15, 0.2) is 0 Å². The molecule has 8 heteroatoms. The van der Waals surface area contributed by atoms with E-state index in [1.54, 1.807) is 0 Å². The molecular weight excluding hydrogens is 348 g/mol. The molecule has 0 aliphatic carbocycles. The summed E-state index contributed by atoms with van der Waals surface area (Å²) in [6, 6.07) is 0. The van der Waals surface area contributed by atoms with Crippen molar-refractivity contribution in [3.8, 4) is 0 Å². The minimum atomic E-state index is -0.226. The Morgan fingerprint density at radius 1 is 0.792 bits per heavy atom. The zero-order valence-electron chi connectivity index (χ0n) is 14.8. The van der Waals surface area contributed by atoms with Crippen LogP contribution in [0, 0.1) is 0 Å². The standard InChI is InChI=1S/C16H32N2O4S2/c1-3-17-15(21)13(9-5-7-11-19)23-24-14(10-6-8-12-20)16(22)18-4-2/h13-14,19-20H,3-12H2,1-2H3,(H,17,21)(H,18,22). The van der Waals surface area contributed by atoms with Gasteiger partial charge in [-0.2, -0.15) is 0 Å². The fourth-order valence-electron chi connectivity index (χ4n) is 2.04. The molecule has 0 saturated heterocycles. The highest BCUT2D eigenvalue weighted by molar-refractivity contribution is 8.77. The minimum Gasteiger partial charge on any atom is -0.396 e. The number of aliphatic hydroxyl groups excluding tert-OH is 2. The first-order valence-electron chi connectivity index (χ1n) is 8.69. The molecule has 0 heterocycles. The molecule has 6 nitrogen and oxygen atoms in total. The van der Waals surface area contributed by atoms with Gasteiger partial charge in [0.05, 0.1) is 10.5 Å². The topological polar surface area (TPSA) is 98.7 Å². The molecule has 142 valence electrons. The van der Waals surface area contributed by atoms with E-state index in [0.717, 1.165) is 12.8 Å². The second kappa shape index (κ2) is 16.1. The Balaban J connectivity index is 4.60. The average molecular weight is 381 g/mol. The third-order valence-corrected chi connectivity index (χ3v) is 6.53. The molecule has 0 fully saturated rings. The third kappa shape index (κ3) is 11.2. The minimum absolute atomic E-state index is 0.0158. The molecule has 2 atom stereocenters. The Morgan fingerprint density at radius 3 is 1.46 bits per heavy atom. The van der Waals surface area contributed by atoms with Gasteiger partial charge in [0.2, 0.25) is 11.8 Å². The lowest BCUT2D eigenvalue weighted by molar-refractivity contribution is -0.121. The van der Waals surface area contributed by atoms with Gasteiger partial charge in [-0.1, -0.05) is 21.6 Å². The summed E-state index contributed by atoms with van der Waals surface area (Å²) >= 11 is 0. The summed E-state index contributed by atoms with van der Waals surface area (Å²) < 4.78 is 0. The molecule has 2 unspecified atom stereocenters. The molecular formula is C16H32N2O4S2. The largest absolute Gasteiger partial charge is 0.396 e. The van der Waals surface area contributed by atoms with Crippen LogP contribution in [0.4, 0.5) is 0 Å².